The van der Waals surface area contributed by atoms with Crippen molar-refractivity contribution in [1.82, 2.24) is 24.7 Å². The summed E-state index contributed by atoms with van der Waals surface area (Å²) in [4.78, 5) is 16.0. The van der Waals surface area contributed by atoms with Crippen LogP contribution < -0.4 is 15.0 Å². The van der Waals surface area contributed by atoms with Crippen molar-refractivity contribution in [1.29, 1.82) is 0 Å². The topological polar surface area (TPSA) is 90.2 Å². The summed E-state index contributed by atoms with van der Waals surface area (Å²) in [5.41, 5.74) is 4.38. The number of nitrogens with one attached hydrogen (secondary N) is 1. The van der Waals surface area contributed by atoms with Gasteiger partial charge in [-0.05, 0) is 37.3 Å². The van der Waals surface area contributed by atoms with Gasteiger partial charge in [0.15, 0.2) is 11.6 Å². The quantitative estimate of drug-likeness (QED) is 0.483. The summed E-state index contributed by atoms with van der Waals surface area (Å²) in [7, 11) is 1.63. The Kier molecular flexibility index (Phi) is 5.86. The second kappa shape index (κ2) is 9.25. The van der Waals surface area contributed by atoms with E-state index in [2.05, 4.69) is 26.4 Å². The molecular formula is C24H25N7O2. The number of pyridine rings is 1. The summed E-state index contributed by atoms with van der Waals surface area (Å²) < 4.78 is 13.2. The third-order valence-electron chi connectivity index (χ3n) is 5.40. The molecule has 0 aliphatic carbocycles. The molecule has 9 nitrogen and oxygen atoms in total. The minimum absolute atomic E-state index is 0.567. The predicted molar refractivity (Wildman–Crippen MR) is 126 cm³/mol. The van der Waals surface area contributed by atoms with Crippen LogP contribution in [0, 0.1) is 6.92 Å². The molecule has 3 aromatic heterocycles. The Hall–Kier alpha value is -3.98. The number of aryl methyl sites for hydroxylation is 1. The van der Waals surface area contributed by atoms with Crippen LogP contribution in [0.4, 0.5) is 17.5 Å². The van der Waals surface area contributed by atoms with E-state index in [1.54, 1.807) is 19.5 Å². The number of aromatic nitrogens is 5. The number of nitrogens with zero attached hydrogens (tertiary/aromatic N) is 6. The lowest BCUT2D eigenvalue weighted by Gasteiger charge is -2.28. The molecule has 0 atom stereocenters. The average Bonchev–Trinajstić information content (AvgIpc) is 3.31. The van der Waals surface area contributed by atoms with Gasteiger partial charge < -0.3 is 19.7 Å². The number of rotatable bonds is 6. The molecule has 1 aromatic carbocycles. The minimum Gasteiger partial charge on any atom is -0.491 e. The lowest BCUT2D eigenvalue weighted by Crippen LogP contribution is -2.37. The highest BCUT2D eigenvalue weighted by Gasteiger charge is 2.22. The normalized spacial score (nSPS) is 13.7. The molecule has 1 N–H and O–H groups in total. The lowest BCUT2D eigenvalue weighted by molar-refractivity contribution is 0.122. The largest absolute Gasteiger partial charge is 0.491 e. The van der Waals surface area contributed by atoms with Crippen molar-refractivity contribution in [2.24, 2.45) is 0 Å². The lowest BCUT2D eigenvalue weighted by atomic mass is 10.1. The smallest absolute Gasteiger partial charge is 0.228 e. The van der Waals surface area contributed by atoms with Gasteiger partial charge >= 0.3 is 0 Å². The second-order valence-corrected chi connectivity index (χ2v) is 7.67. The summed E-state index contributed by atoms with van der Waals surface area (Å²) in [5.74, 6) is 1.79. The molecule has 9 heteroatoms. The van der Waals surface area contributed by atoms with E-state index in [0.717, 1.165) is 35.7 Å². The molecule has 0 amide bonds. The molecule has 168 valence electrons. The van der Waals surface area contributed by atoms with Gasteiger partial charge in [-0.15, -0.1) is 0 Å². The third kappa shape index (κ3) is 4.49. The van der Waals surface area contributed by atoms with Crippen molar-refractivity contribution in [3.05, 3.63) is 66.7 Å². The first-order chi connectivity index (χ1) is 16.2. The van der Waals surface area contributed by atoms with Gasteiger partial charge in [0.1, 0.15) is 5.69 Å². The number of hydrogen-bond donors (Lipinski definition) is 1. The maximum absolute atomic E-state index is 5.83. The van der Waals surface area contributed by atoms with Crippen LogP contribution in [0.15, 0.2) is 61.1 Å². The van der Waals surface area contributed by atoms with Crippen molar-refractivity contribution in [3.8, 4) is 22.7 Å². The van der Waals surface area contributed by atoms with Crippen LogP contribution in [0.5, 0.6) is 5.75 Å². The van der Waals surface area contributed by atoms with E-state index in [-0.39, 0.29) is 0 Å². The van der Waals surface area contributed by atoms with Gasteiger partial charge in [0, 0.05) is 42.9 Å². The van der Waals surface area contributed by atoms with Crippen LogP contribution in [0.25, 0.3) is 16.9 Å². The first kappa shape index (κ1) is 20.9. The monoisotopic (exact) mass is 443 g/mol. The predicted octanol–water partition coefficient (Wildman–Crippen LogP) is 3.62. The Bertz CT molecular complexity index is 1240. The first-order valence-electron chi connectivity index (χ1n) is 10.8. The minimum atomic E-state index is 0.567. The van der Waals surface area contributed by atoms with Crippen LogP contribution in [0.2, 0.25) is 0 Å². The summed E-state index contributed by atoms with van der Waals surface area (Å²) in [5, 5.41) is 7.91. The number of morpholine rings is 1. The van der Waals surface area contributed by atoms with Crippen LogP contribution in [0.1, 0.15) is 5.69 Å². The van der Waals surface area contributed by atoms with Crippen LogP contribution in [-0.4, -0.2) is 58.1 Å². The molecule has 4 heterocycles. The molecular weight excluding hydrogens is 418 g/mol. The zero-order valence-corrected chi connectivity index (χ0v) is 18.6. The molecule has 0 saturated carbocycles. The standard InChI is InChI=1S/C24H25N7O2/c1-17-8-11-31(29-17)20-5-3-4-18(16-20)21-22(32-2)23(26-19-6-9-25-10-7-19)28-24(27-21)30-12-14-33-15-13-30/h3-11,16H,12-15H2,1-2H3,(H,25,26,27,28). The highest BCUT2D eigenvalue weighted by Crippen LogP contribution is 2.37. The van der Waals surface area contributed by atoms with Gasteiger partial charge in [-0.3, -0.25) is 4.98 Å². The summed E-state index contributed by atoms with van der Waals surface area (Å²) >= 11 is 0. The molecule has 1 fully saturated rings. The first-order valence-corrected chi connectivity index (χ1v) is 10.8. The van der Waals surface area contributed by atoms with Crippen molar-refractivity contribution < 1.29 is 9.47 Å². The molecule has 0 unspecified atom stereocenters. The third-order valence-corrected chi connectivity index (χ3v) is 5.40. The van der Waals surface area contributed by atoms with E-state index in [1.807, 2.05) is 54.2 Å². The average molecular weight is 444 g/mol. The molecule has 5 rings (SSSR count). The van der Waals surface area contributed by atoms with Gasteiger partial charge in [-0.25, -0.2) is 9.67 Å². The fraction of sp³-hybridized carbons (Fsp3) is 0.250. The number of hydrogen-bond acceptors (Lipinski definition) is 8. The maximum atomic E-state index is 5.83. The van der Waals surface area contributed by atoms with E-state index < -0.39 is 0 Å². The highest BCUT2D eigenvalue weighted by atomic mass is 16.5. The molecule has 0 radical (unpaired) electrons. The van der Waals surface area contributed by atoms with E-state index in [4.69, 9.17) is 19.4 Å². The SMILES string of the molecule is COc1c(Nc2ccncc2)nc(N2CCOCC2)nc1-c1cccc(-n2ccc(C)n2)c1. The number of anilines is 3. The van der Waals surface area contributed by atoms with Gasteiger partial charge in [0.25, 0.3) is 0 Å². The molecule has 0 spiro atoms. The molecule has 4 aromatic rings. The van der Waals surface area contributed by atoms with Crippen LogP contribution in [-0.2, 0) is 4.74 Å². The van der Waals surface area contributed by atoms with E-state index >= 15 is 0 Å². The van der Waals surface area contributed by atoms with Gasteiger partial charge in [-0.2, -0.15) is 10.1 Å². The Morgan fingerprint density at radius 2 is 1.85 bits per heavy atom. The Labute approximate surface area is 192 Å². The van der Waals surface area contributed by atoms with E-state index in [0.29, 0.717) is 36.4 Å². The second-order valence-electron chi connectivity index (χ2n) is 7.67. The molecule has 1 aliphatic heterocycles. The van der Waals surface area contributed by atoms with E-state index in [1.165, 1.54) is 0 Å². The van der Waals surface area contributed by atoms with Gasteiger partial charge in [-0.1, -0.05) is 12.1 Å². The molecule has 1 saturated heterocycles. The fourth-order valence-electron chi connectivity index (χ4n) is 3.74. The van der Waals surface area contributed by atoms with Gasteiger partial charge in [0.05, 0.1) is 31.7 Å². The Balaban J connectivity index is 1.63. The summed E-state index contributed by atoms with van der Waals surface area (Å²) in [6.45, 7) is 4.72. The van der Waals surface area contributed by atoms with Crippen LogP contribution in [0.3, 0.4) is 0 Å². The highest BCUT2D eigenvalue weighted by molar-refractivity contribution is 5.78. The number of ether oxygens (including phenoxy) is 2. The fourth-order valence-corrected chi connectivity index (χ4v) is 3.74. The van der Waals surface area contributed by atoms with Crippen molar-refractivity contribution >= 4 is 17.5 Å². The Morgan fingerprint density at radius 1 is 1.03 bits per heavy atom. The number of benzene rings is 1. The van der Waals surface area contributed by atoms with Crippen molar-refractivity contribution in [2.45, 2.75) is 6.92 Å². The molecule has 33 heavy (non-hydrogen) atoms. The Morgan fingerprint density at radius 3 is 2.58 bits per heavy atom. The van der Waals surface area contributed by atoms with Crippen LogP contribution >= 0.6 is 0 Å². The molecule has 1 aliphatic rings. The van der Waals surface area contributed by atoms with Crippen molar-refractivity contribution in [2.75, 3.05) is 43.6 Å². The van der Waals surface area contributed by atoms with Gasteiger partial charge in [0.2, 0.25) is 5.95 Å². The number of methoxy groups -OCH3 is 1. The zero-order chi connectivity index (χ0) is 22.6. The molecule has 0 bridgehead atoms. The zero-order valence-electron chi connectivity index (χ0n) is 18.6. The van der Waals surface area contributed by atoms with Crippen molar-refractivity contribution in [3.63, 3.8) is 0 Å². The van der Waals surface area contributed by atoms with E-state index in [9.17, 15) is 0 Å². The summed E-state index contributed by atoms with van der Waals surface area (Å²) in [6.07, 6.45) is 5.41. The summed E-state index contributed by atoms with van der Waals surface area (Å²) in [6, 6.07) is 13.8. The maximum Gasteiger partial charge on any atom is 0.228 e.